The molecule has 0 spiro atoms. The Morgan fingerprint density at radius 3 is 2.12 bits per heavy atom. The monoisotopic (exact) mass is 424 g/mol. The van der Waals surface area contributed by atoms with Crippen molar-refractivity contribution in [3.8, 4) is 11.4 Å². The van der Waals surface area contributed by atoms with Crippen LogP contribution in [0.2, 0.25) is 0 Å². The second kappa shape index (κ2) is 7.51. The van der Waals surface area contributed by atoms with E-state index in [1.165, 1.54) is 29.5 Å². The predicted octanol–water partition coefficient (Wildman–Crippen LogP) is 7.19. The Balaban J connectivity index is 1.45. The van der Waals surface area contributed by atoms with Gasteiger partial charge in [-0.15, -0.1) is 0 Å². The van der Waals surface area contributed by atoms with Crippen LogP contribution in [-0.2, 0) is 10.8 Å². The number of ether oxygens (including phenoxy) is 1. The molecule has 0 amide bonds. The number of rotatable bonds is 5. The fraction of sp³-hybridized carbons (Fsp3) is 0.345. The molecule has 5 rings (SSSR count). The fourth-order valence-electron chi connectivity index (χ4n) is 4.63. The van der Waals surface area contributed by atoms with Crippen molar-refractivity contribution in [2.24, 2.45) is 0 Å². The molecule has 0 radical (unpaired) electrons. The highest BCUT2D eigenvalue weighted by Gasteiger charge is 2.46. The molecule has 0 unspecified atom stereocenters. The molecule has 0 bridgehead atoms. The van der Waals surface area contributed by atoms with Crippen molar-refractivity contribution in [1.82, 2.24) is 9.55 Å². The zero-order valence-electron chi connectivity index (χ0n) is 19.7. The molecule has 164 valence electrons. The van der Waals surface area contributed by atoms with Gasteiger partial charge in [-0.25, -0.2) is 4.98 Å². The SMILES string of the molecule is CC(C)Oc1ccc(-n2cnc3cc(C4(c5ccc(C(C)(C)C)cc5)CC4)ccc32)cc1. The van der Waals surface area contributed by atoms with Crippen LogP contribution < -0.4 is 4.74 Å². The molecule has 1 saturated carbocycles. The van der Waals surface area contributed by atoms with E-state index in [1.54, 1.807) is 0 Å². The zero-order valence-corrected chi connectivity index (χ0v) is 19.7. The molecule has 3 aromatic carbocycles. The van der Waals surface area contributed by atoms with Crippen molar-refractivity contribution in [3.63, 3.8) is 0 Å². The lowest BCUT2D eigenvalue weighted by molar-refractivity contribution is 0.242. The first kappa shape index (κ1) is 20.8. The van der Waals surface area contributed by atoms with Gasteiger partial charge in [0.1, 0.15) is 12.1 Å². The predicted molar refractivity (Wildman–Crippen MR) is 132 cm³/mol. The Morgan fingerprint density at radius 1 is 0.875 bits per heavy atom. The van der Waals surface area contributed by atoms with Crippen molar-refractivity contribution >= 4 is 11.0 Å². The maximum atomic E-state index is 5.78. The van der Waals surface area contributed by atoms with Crippen LogP contribution in [0.3, 0.4) is 0 Å². The first-order chi connectivity index (χ1) is 15.3. The standard InChI is InChI=1S/C29H32N2O/c1-20(2)32-25-13-11-24(12-14-25)31-19-30-26-18-23(10-15-27(26)31)29(16-17-29)22-8-6-21(7-9-22)28(3,4)5/h6-15,18-20H,16-17H2,1-5H3. The minimum Gasteiger partial charge on any atom is -0.491 e. The summed E-state index contributed by atoms with van der Waals surface area (Å²) in [5.41, 5.74) is 7.77. The van der Waals surface area contributed by atoms with E-state index in [2.05, 4.69) is 79.9 Å². The quantitative estimate of drug-likeness (QED) is 0.339. The van der Waals surface area contributed by atoms with Gasteiger partial charge in [-0.2, -0.15) is 0 Å². The van der Waals surface area contributed by atoms with Gasteiger partial charge in [0.15, 0.2) is 0 Å². The van der Waals surface area contributed by atoms with E-state index >= 15 is 0 Å². The molecule has 3 heteroatoms. The second-order valence-electron chi connectivity index (χ2n) is 10.4. The highest BCUT2D eigenvalue weighted by molar-refractivity contribution is 5.79. The first-order valence-corrected chi connectivity index (χ1v) is 11.6. The first-order valence-electron chi connectivity index (χ1n) is 11.6. The number of benzene rings is 3. The summed E-state index contributed by atoms with van der Waals surface area (Å²) in [4.78, 5) is 4.74. The maximum Gasteiger partial charge on any atom is 0.119 e. The zero-order chi connectivity index (χ0) is 22.5. The Hall–Kier alpha value is -3.07. The number of hydrogen-bond donors (Lipinski definition) is 0. The number of hydrogen-bond acceptors (Lipinski definition) is 2. The van der Waals surface area contributed by atoms with Gasteiger partial charge in [-0.1, -0.05) is 51.1 Å². The van der Waals surface area contributed by atoms with E-state index in [-0.39, 0.29) is 16.9 Å². The second-order valence-corrected chi connectivity index (χ2v) is 10.4. The highest BCUT2D eigenvalue weighted by Crippen LogP contribution is 2.54. The van der Waals surface area contributed by atoms with Gasteiger partial charge in [0.25, 0.3) is 0 Å². The van der Waals surface area contributed by atoms with E-state index in [0.717, 1.165) is 22.5 Å². The van der Waals surface area contributed by atoms with Gasteiger partial charge in [0, 0.05) is 11.1 Å². The summed E-state index contributed by atoms with van der Waals surface area (Å²) in [6.07, 6.45) is 4.49. The molecular formula is C29H32N2O. The largest absolute Gasteiger partial charge is 0.491 e. The molecular weight excluding hydrogens is 392 g/mol. The third kappa shape index (κ3) is 3.70. The topological polar surface area (TPSA) is 27.1 Å². The summed E-state index contributed by atoms with van der Waals surface area (Å²) < 4.78 is 7.93. The van der Waals surface area contributed by atoms with E-state index in [0.29, 0.717) is 0 Å². The van der Waals surface area contributed by atoms with E-state index in [4.69, 9.17) is 9.72 Å². The van der Waals surface area contributed by atoms with Crippen LogP contribution >= 0.6 is 0 Å². The lowest BCUT2D eigenvalue weighted by atomic mass is 9.83. The average molecular weight is 425 g/mol. The Morgan fingerprint density at radius 2 is 1.53 bits per heavy atom. The molecule has 0 saturated heterocycles. The van der Waals surface area contributed by atoms with Crippen LogP contribution in [0, 0.1) is 0 Å². The molecule has 3 nitrogen and oxygen atoms in total. The summed E-state index contributed by atoms with van der Waals surface area (Å²) >= 11 is 0. The number of aromatic nitrogens is 2. The smallest absolute Gasteiger partial charge is 0.119 e. The van der Waals surface area contributed by atoms with Crippen molar-refractivity contribution in [2.75, 3.05) is 0 Å². The fourth-order valence-corrected chi connectivity index (χ4v) is 4.63. The Bertz CT molecular complexity index is 1240. The molecule has 1 aromatic heterocycles. The van der Waals surface area contributed by atoms with Crippen LogP contribution in [0.25, 0.3) is 16.7 Å². The average Bonchev–Trinajstić information content (AvgIpc) is 3.47. The summed E-state index contributed by atoms with van der Waals surface area (Å²) in [6.45, 7) is 10.9. The summed E-state index contributed by atoms with van der Waals surface area (Å²) in [7, 11) is 0. The molecule has 4 aromatic rings. The molecule has 1 aliphatic carbocycles. The Kier molecular flexibility index (Phi) is 4.88. The minimum atomic E-state index is 0.143. The third-order valence-corrected chi connectivity index (χ3v) is 6.64. The van der Waals surface area contributed by atoms with Crippen LogP contribution in [0.15, 0.2) is 73.1 Å². The van der Waals surface area contributed by atoms with E-state index in [1.807, 2.05) is 32.3 Å². The van der Waals surface area contributed by atoms with Gasteiger partial charge >= 0.3 is 0 Å². The summed E-state index contributed by atoms with van der Waals surface area (Å²) in [5.74, 6) is 0.892. The van der Waals surface area contributed by atoms with Crippen LogP contribution in [0.5, 0.6) is 5.75 Å². The molecule has 1 fully saturated rings. The van der Waals surface area contributed by atoms with Gasteiger partial charge in [-0.05, 0) is 85.2 Å². The van der Waals surface area contributed by atoms with Crippen molar-refractivity contribution in [2.45, 2.75) is 64.4 Å². The number of nitrogens with zero attached hydrogens (tertiary/aromatic N) is 2. The van der Waals surface area contributed by atoms with Gasteiger partial charge in [0.05, 0.1) is 17.1 Å². The molecule has 0 aliphatic heterocycles. The summed E-state index contributed by atoms with van der Waals surface area (Å²) in [5, 5.41) is 0. The third-order valence-electron chi connectivity index (χ3n) is 6.64. The Labute approximate surface area is 191 Å². The molecule has 1 aliphatic rings. The van der Waals surface area contributed by atoms with Crippen LogP contribution in [-0.4, -0.2) is 15.7 Å². The maximum absolute atomic E-state index is 5.78. The molecule has 1 heterocycles. The van der Waals surface area contributed by atoms with E-state index in [9.17, 15) is 0 Å². The van der Waals surface area contributed by atoms with Gasteiger partial charge in [-0.3, -0.25) is 4.57 Å². The molecule has 32 heavy (non-hydrogen) atoms. The van der Waals surface area contributed by atoms with Crippen LogP contribution in [0.1, 0.15) is 64.2 Å². The van der Waals surface area contributed by atoms with E-state index < -0.39 is 0 Å². The summed E-state index contributed by atoms with van der Waals surface area (Å²) in [6, 6.07) is 24.3. The highest BCUT2D eigenvalue weighted by atomic mass is 16.5. The normalized spacial score (nSPS) is 15.3. The number of fused-ring (bicyclic) bond motifs is 1. The van der Waals surface area contributed by atoms with Crippen molar-refractivity contribution < 1.29 is 4.74 Å². The van der Waals surface area contributed by atoms with Crippen LogP contribution in [0.4, 0.5) is 0 Å². The lowest BCUT2D eigenvalue weighted by Gasteiger charge is -2.22. The lowest BCUT2D eigenvalue weighted by Crippen LogP contribution is -2.13. The minimum absolute atomic E-state index is 0.143. The number of imidazole rings is 1. The van der Waals surface area contributed by atoms with Gasteiger partial charge < -0.3 is 4.74 Å². The van der Waals surface area contributed by atoms with Crippen molar-refractivity contribution in [1.29, 1.82) is 0 Å². The molecule has 0 N–H and O–H groups in total. The van der Waals surface area contributed by atoms with Gasteiger partial charge in [0.2, 0.25) is 0 Å². The molecule has 0 atom stereocenters. The van der Waals surface area contributed by atoms with Crippen molar-refractivity contribution in [3.05, 3.63) is 89.7 Å².